The van der Waals surface area contributed by atoms with Gasteiger partial charge in [-0.2, -0.15) is 0 Å². The van der Waals surface area contributed by atoms with Gasteiger partial charge in [0.25, 0.3) is 0 Å². The van der Waals surface area contributed by atoms with Crippen molar-refractivity contribution >= 4 is 11.8 Å². The molecule has 0 aromatic rings. The lowest BCUT2D eigenvalue weighted by Gasteiger charge is -2.03. The highest BCUT2D eigenvalue weighted by Gasteiger charge is 1.97. The average Bonchev–Trinajstić information content (AvgIpc) is 2.94. The molecule has 4 nitrogen and oxygen atoms in total. The minimum Gasteiger partial charge on any atom is -0.370 e. The van der Waals surface area contributed by atoms with Gasteiger partial charge < -0.3 is 11.5 Å². The molecule has 0 atom stereocenters. The van der Waals surface area contributed by atoms with Crippen molar-refractivity contribution in [3.05, 3.63) is 24.3 Å². The first-order chi connectivity index (χ1) is 20.1. The molecule has 0 aliphatic rings. The lowest BCUT2D eigenvalue weighted by Crippen LogP contribution is -2.09. The van der Waals surface area contributed by atoms with Crippen molar-refractivity contribution in [3.63, 3.8) is 0 Å². The Morgan fingerprint density at radius 1 is 0.293 bits per heavy atom. The molecule has 0 aliphatic heterocycles. The molecule has 0 saturated carbocycles. The highest BCUT2D eigenvalue weighted by Crippen LogP contribution is 2.15. The van der Waals surface area contributed by atoms with Gasteiger partial charge in [0.15, 0.2) is 0 Å². The Morgan fingerprint density at radius 3 is 0.659 bits per heavy atom. The molecule has 4 N–H and O–H groups in total. The normalized spacial score (nSPS) is 11.7. The summed E-state index contributed by atoms with van der Waals surface area (Å²) in [5.74, 6) is -0.330. The molecule has 0 aromatic heterocycles. The van der Waals surface area contributed by atoms with E-state index in [1.807, 2.05) is 0 Å². The van der Waals surface area contributed by atoms with Crippen LogP contribution < -0.4 is 11.5 Å². The van der Waals surface area contributed by atoms with Crippen LogP contribution >= 0.6 is 0 Å². The van der Waals surface area contributed by atoms with Crippen LogP contribution in [0, 0.1) is 0 Å². The zero-order valence-corrected chi connectivity index (χ0v) is 27.2. The average molecular weight is 575 g/mol. The topological polar surface area (TPSA) is 86.2 Å². The summed E-state index contributed by atoms with van der Waals surface area (Å²) < 4.78 is 0. The van der Waals surface area contributed by atoms with Crippen molar-refractivity contribution in [2.75, 3.05) is 0 Å². The molecule has 0 rings (SSSR count). The summed E-state index contributed by atoms with van der Waals surface area (Å²) in [4.78, 5) is 21.4. The Balaban J connectivity index is 3.13. The highest BCUT2D eigenvalue weighted by molar-refractivity contribution is 5.73. The van der Waals surface area contributed by atoms with Crippen molar-refractivity contribution in [2.45, 2.75) is 199 Å². The number of nitrogens with two attached hydrogens (primary N) is 2. The van der Waals surface area contributed by atoms with Gasteiger partial charge in [0.05, 0.1) is 0 Å². The Kier molecular flexibility index (Phi) is 33.3. The van der Waals surface area contributed by atoms with Gasteiger partial charge in [-0.25, -0.2) is 0 Å². The Bertz CT molecular complexity index is 562. The largest absolute Gasteiger partial charge is 0.370 e. The molecular weight excluding hydrogens is 504 g/mol. The van der Waals surface area contributed by atoms with E-state index in [1.54, 1.807) is 0 Å². The fraction of sp³-hybridized carbons (Fsp3) is 0.838. The minimum absolute atomic E-state index is 0.165. The van der Waals surface area contributed by atoms with E-state index in [0.717, 1.165) is 25.7 Å². The Hall–Kier alpha value is -1.58. The molecule has 0 aliphatic carbocycles. The van der Waals surface area contributed by atoms with Gasteiger partial charge in [-0.15, -0.1) is 0 Å². The third kappa shape index (κ3) is 38.4. The molecule has 0 spiro atoms. The van der Waals surface area contributed by atoms with Crippen LogP contribution in [-0.4, -0.2) is 11.8 Å². The van der Waals surface area contributed by atoms with E-state index < -0.39 is 0 Å². The number of primary amides is 2. The van der Waals surface area contributed by atoms with E-state index in [1.165, 1.54) is 161 Å². The Morgan fingerprint density at radius 2 is 0.463 bits per heavy atom. The van der Waals surface area contributed by atoms with E-state index in [4.69, 9.17) is 11.5 Å². The number of hydrogen-bond acceptors (Lipinski definition) is 2. The van der Waals surface area contributed by atoms with E-state index in [9.17, 15) is 9.59 Å². The zero-order chi connectivity index (χ0) is 29.9. The highest BCUT2D eigenvalue weighted by atomic mass is 16.1. The summed E-state index contributed by atoms with van der Waals surface area (Å²) in [6, 6.07) is 0. The molecular formula is C37H70N2O2. The van der Waals surface area contributed by atoms with Gasteiger partial charge in [0.1, 0.15) is 0 Å². The van der Waals surface area contributed by atoms with E-state index in [-0.39, 0.29) is 11.8 Å². The molecule has 0 heterocycles. The van der Waals surface area contributed by atoms with E-state index >= 15 is 0 Å². The van der Waals surface area contributed by atoms with Crippen LogP contribution in [0.25, 0.3) is 0 Å². The maximum Gasteiger partial charge on any atom is 0.217 e. The van der Waals surface area contributed by atoms with Crippen LogP contribution in [0.4, 0.5) is 0 Å². The predicted molar refractivity (Wildman–Crippen MR) is 180 cm³/mol. The van der Waals surface area contributed by atoms with Crippen molar-refractivity contribution < 1.29 is 9.59 Å². The molecule has 240 valence electrons. The van der Waals surface area contributed by atoms with Crippen LogP contribution in [0.3, 0.4) is 0 Å². The molecule has 2 amide bonds. The van der Waals surface area contributed by atoms with Crippen molar-refractivity contribution in [3.8, 4) is 0 Å². The fourth-order valence-corrected chi connectivity index (χ4v) is 5.48. The molecule has 0 bridgehead atoms. The van der Waals surface area contributed by atoms with Gasteiger partial charge in [-0.05, 0) is 64.2 Å². The summed E-state index contributed by atoms with van der Waals surface area (Å²) in [6.45, 7) is 0. The maximum atomic E-state index is 10.7. The maximum absolute atomic E-state index is 10.7. The number of carbonyl (C=O) groups excluding carboxylic acids is 2. The van der Waals surface area contributed by atoms with Crippen LogP contribution in [0.1, 0.15) is 199 Å². The SMILES string of the molecule is NC(=O)CCCCCCCC=CCCCCCCCCCCCCCCCCCC=CCCCCCCCC(N)=O. The smallest absolute Gasteiger partial charge is 0.217 e. The first-order valence-electron chi connectivity index (χ1n) is 18.0. The first kappa shape index (κ1) is 39.4. The number of rotatable bonds is 34. The summed E-state index contributed by atoms with van der Waals surface area (Å²) in [6.07, 6.45) is 48.5. The standard InChI is InChI=1S/C37H70N2O2/c38-36(40)34-32-30-28-26-24-22-20-18-16-14-12-10-8-6-4-2-1-3-5-7-9-11-13-15-17-19-21-23-25-27-29-31-33-35-37(39)41/h18-21H,1-17,22-35H2,(H2,38,40)(H2,39,41). The lowest BCUT2D eigenvalue weighted by molar-refractivity contribution is -0.119. The van der Waals surface area contributed by atoms with Crippen LogP contribution in [0.2, 0.25) is 0 Å². The van der Waals surface area contributed by atoms with Gasteiger partial charge in [-0.3, -0.25) is 9.59 Å². The van der Waals surface area contributed by atoms with Crippen molar-refractivity contribution in [2.24, 2.45) is 11.5 Å². The van der Waals surface area contributed by atoms with Gasteiger partial charge in [0, 0.05) is 12.8 Å². The summed E-state index contributed by atoms with van der Waals surface area (Å²) in [5, 5.41) is 0. The predicted octanol–water partition coefficient (Wildman–Crippen LogP) is 11.2. The molecule has 0 saturated heterocycles. The van der Waals surface area contributed by atoms with E-state index in [2.05, 4.69) is 24.3 Å². The van der Waals surface area contributed by atoms with Crippen LogP contribution in [-0.2, 0) is 9.59 Å². The number of allylic oxidation sites excluding steroid dienone is 4. The van der Waals surface area contributed by atoms with Crippen LogP contribution in [0.5, 0.6) is 0 Å². The number of hydrogen-bond donors (Lipinski definition) is 2. The molecule has 0 unspecified atom stereocenters. The fourth-order valence-electron chi connectivity index (χ4n) is 5.48. The third-order valence-corrected chi connectivity index (χ3v) is 8.16. The summed E-state index contributed by atoms with van der Waals surface area (Å²) in [7, 11) is 0. The number of carbonyl (C=O) groups is 2. The van der Waals surface area contributed by atoms with Gasteiger partial charge in [0.2, 0.25) is 11.8 Å². The summed E-state index contributed by atoms with van der Waals surface area (Å²) in [5.41, 5.74) is 10.3. The monoisotopic (exact) mass is 575 g/mol. The summed E-state index contributed by atoms with van der Waals surface area (Å²) >= 11 is 0. The molecule has 4 heteroatoms. The minimum atomic E-state index is -0.165. The van der Waals surface area contributed by atoms with Crippen molar-refractivity contribution in [1.29, 1.82) is 0 Å². The second kappa shape index (κ2) is 34.6. The van der Waals surface area contributed by atoms with Gasteiger partial charge in [-0.1, -0.05) is 146 Å². The third-order valence-electron chi connectivity index (χ3n) is 8.16. The molecule has 41 heavy (non-hydrogen) atoms. The molecule has 0 aromatic carbocycles. The number of unbranched alkanes of at least 4 members (excludes halogenated alkanes) is 26. The quantitative estimate of drug-likeness (QED) is 0.0591. The van der Waals surface area contributed by atoms with E-state index in [0.29, 0.717) is 12.8 Å². The zero-order valence-electron chi connectivity index (χ0n) is 27.2. The second-order valence-electron chi connectivity index (χ2n) is 12.4. The lowest BCUT2D eigenvalue weighted by atomic mass is 10.0. The van der Waals surface area contributed by atoms with Gasteiger partial charge >= 0.3 is 0 Å². The first-order valence-corrected chi connectivity index (χ1v) is 18.0. The molecule has 0 radical (unpaired) electrons. The van der Waals surface area contributed by atoms with Crippen molar-refractivity contribution in [1.82, 2.24) is 0 Å². The Labute approximate surface area is 256 Å². The molecule has 0 fully saturated rings. The number of amides is 2. The van der Waals surface area contributed by atoms with Crippen LogP contribution in [0.15, 0.2) is 24.3 Å². The second-order valence-corrected chi connectivity index (χ2v) is 12.4.